The van der Waals surface area contributed by atoms with E-state index >= 15 is 0 Å². The molecule has 2 heterocycles. The van der Waals surface area contributed by atoms with Crippen molar-refractivity contribution in [2.45, 2.75) is 0 Å². The number of aromatic nitrogens is 1. The van der Waals surface area contributed by atoms with Crippen LogP contribution in [0.15, 0.2) is 203 Å². The van der Waals surface area contributed by atoms with Crippen molar-refractivity contribution in [1.82, 2.24) is 4.98 Å². The Bertz CT molecular complexity index is 2860. The third kappa shape index (κ3) is 5.45. The van der Waals surface area contributed by atoms with Gasteiger partial charge in [0.25, 0.3) is 0 Å². The van der Waals surface area contributed by atoms with Crippen LogP contribution in [-0.4, -0.2) is 4.98 Å². The van der Waals surface area contributed by atoms with Crippen LogP contribution in [0.3, 0.4) is 0 Å². The Kier molecular flexibility index (Phi) is 7.43. The van der Waals surface area contributed by atoms with Crippen molar-refractivity contribution in [1.29, 1.82) is 0 Å². The van der Waals surface area contributed by atoms with Crippen LogP contribution in [-0.2, 0) is 0 Å². The number of para-hydroxylation sites is 2. The lowest BCUT2D eigenvalue weighted by Crippen LogP contribution is -2.11. The molecule has 4 heteroatoms. The van der Waals surface area contributed by atoms with Crippen LogP contribution in [0.1, 0.15) is 0 Å². The van der Waals surface area contributed by atoms with E-state index in [2.05, 4.69) is 150 Å². The highest BCUT2D eigenvalue weighted by molar-refractivity contribution is 6.19. The zero-order valence-electron chi connectivity index (χ0n) is 28.7. The van der Waals surface area contributed by atoms with E-state index < -0.39 is 0 Å². The van der Waals surface area contributed by atoms with Crippen LogP contribution in [0.2, 0.25) is 0 Å². The van der Waals surface area contributed by atoms with Gasteiger partial charge in [-0.3, -0.25) is 0 Å². The summed E-state index contributed by atoms with van der Waals surface area (Å²) in [6.07, 6.45) is 0. The Labute approximate surface area is 306 Å². The zero-order valence-corrected chi connectivity index (χ0v) is 28.7. The number of hydrogen-bond acceptors (Lipinski definition) is 4. The van der Waals surface area contributed by atoms with Crippen molar-refractivity contribution in [3.8, 4) is 44.8 Å². The molecule has 250 valence electrons. The molecule has 4 nitrogen and oxygen atoms in total. The van der Waals surface area contributed by atoms with E-state index in [4.69, 9.17) is 13.8 Å². The van der Waals surface area contributed by atoms with Gasteiger partial charge < -0.3 is 13.7 Å². The van der Waals surface area contributed by atoms with Crippen molar-refractivity contribution < 1.29 is 8.83 Å². The normalized spacial score (nSPS) is 11.4. The summed E-state index contributed by atoms with van der Waals surface area (Å²) in [7, 11) is 0. The molecule has 10 aromatic rings. The van der Waals surface area contributed by atoms with Crippen LogP contribution >= 0.6 is 0 Å². The summed E-state index contributed by atoms with van der Waals surface area (Å²) in [5.41, 5.74) is 13.9. The first-order chi connectivity index (χ1) is 26.3. The average molecular weight is 681 g/mol. The molecule has 8 aromatic carbocycles. The first kappa shape index (κ1) is 30.6. The van der Waals surface area contributed by atoms with Gasteiger partial charge in [0.15, 0.2) is 5.58 Å². The van der Waals surface area contributed by atoms with Gasteiger partial charge in [0, 0.05) is 44.9 Å². The molecule has 0 aliphatic carbocycles. The number of fused-ring (bicyclic) bond motifs is 4. The summed E-state index contributed by atoms with van der Waals surface area (Å²) in [5, 5.41) is 2.05. The van der Waals surface area contributed by atoms with Crippen LogP contribution in [0.5, 0.6) is 0 Å². The SMILES string of the molecule is c1ccc(-c2ccc(N(c3ccc(-c4c5oc(-c6ccccc6)nc5cc5oc6ccccc6c45)cc3)c3ccccc3-c3ccccc3)cc2)cc1. The van der Waals surface area contributed by atoms with E-state index in [1.165, 1.54) is 11.1 Å². The highest BCUT2D eigenvalue weighted by Gasteiger charge is 2.23. The van der Waals surface area contributed by atoms with Crippen LogP contribution in [0.4, 0.5) is 17.1 Å². The van der Waals surface area contributed by atoms with Crippen molar-refractivity contribution >= 4 is 50.1 Å². The Morgan fingerprint density at radius 3 is 1.66 bits per heavy atom. The third-order valence-corrected chi connectivity index (χ3v) is 9.92. The highest BCUT2D eigenvalue weighted by Crippen LogP contribution is 2.45. The minimum absolute atomic E-state index is 0.582. The van der Waals surface area contributed by atoms with E-state index in [1.807, 2.05) is 48.5 Å². The van der Waals surface area contributed by atoms with Crippen LogP contribution < -0.4 is 4.90 Å². The van der Waals surface area contributed by atoms with E-state index in [9.17, 15) is 0 Å². The van der Waals surface area contributed by atoms with Crippen LogP contribution in [0, 0.1) is 0 Å². The lowest BCUT2D eigenvalue weighted by molar-refractivity contribution is 0.621. The van der Waals surface area contributed by atoms with Crippen molar-refractivity contribution in [3.05, 3.63) is 194 Å². The monoisotopic (exact) mass is 680 g/mol. The van der Waals surface area contributed by atoms with Gasteiger partial charge in [-0.05, 0) is 70.8 Å². The molecule has 0 radical (unpaired) electrons. The third-order valence-electron chi connectivity index (χ3n) is 9.92. The maximum Gasteiger partial charge on any atom is 0.227 e. The van der Waals surface area contributed by atoms with Crippen molar-refractivity contribution in [2.24, 2.45) is 0 Å². The fourth-order valence-corrected chi connectivity index (χ4v) is 7.42. The molecule has 0 N–H and O–H groups in total. The quantitative estimate of drug-likeness (QED) is 0.168. The molecule has 0 saturated carbocycles. The Morgan fingerprint density at radius 1 is 0.415 bits per heavy atom. The molecule has 0 aliphatic rings. The number of anilines is 3. The minimum Gasteiger partial charge on any atom is -0.456 e. The van der Waals surface area contributed by atoms with E-state index in [-0.39, 0.29) is 0 Å². The summed E-state index contributed by atoms with van der Waals surface area (Å²) >= 11 is 0. The largest absolute Gasteiger partial charge is 0.456 e. The van der Waals surface area contributed by atoms with Gasteiger partial charge >= 0.3 is 0 Å². The van der Waals surface area contributed by atoms with E-state index in [0.29, 0.717) is 5.89 Å². The van der Waals surface area contributed by atoms with Gasteiger partial charge in [0.1, 0.15) is 16.7 Å². The number of benzene rings is 8. The first-order valence-corrected chi connectivity index (χ1v) is 17.8. The molecule has 0 unspecified atom stereocenters. The Balaban J connectivity index is 1.15. The van der Waals surface area contributed by atoms with E-state index in [1.54, 1.807) is 0 Å². The fraction of sp³-hybridized carbons (Fsp3) is 0. The molecule has 0 spiro atoms. The lowest BCUT2D eigenvalue weighted by atomic mass is 9.97. The first-order valence-electron chi connectivity index (χ1n) is 17.8. The predicted molar refractivity (Wildman–Crippen MR) is 218 cm³/mol. The molecule has 0 atom stereocenters. The minimum atomic E-state index is 0.582. The van der Waals surface area contributed by atoms with Gasteiger partial charge in [-0.2, -0.15) is 0 Å². The number of nitrogens with zero attached hydrogens (tertiary/aromatic N) is 2. The second-order valence-electron chi connectivity index (χ2n) is 13.1. The topological polar surface area (TPSA) is 42.4 Å². The summed E-state index contributed by atoms with van der Waals surface area (Å²) < 4.78 is 13.1. The molecular weight excluding hydrogens is 649 g/mol. The number of rotatable bonds is 7. The summed E-state index contributed by atoms with van der Waals surface area (Å²) in [6, 6.07) is 67.5. The number of hydrogen-bond donors (Lipinski definition) is 0. The summed E-state index contributed by atoms with van der Waals surface area (Å²) in [6.45, 7) is 0. The average Bonchev–Trinajstić information content (AvgIpc) is 3.83. The van der Waals surface area contributed by atoms with E-state index in [0.717, 1.165) is 77.9 Å². The Morgan fingerprint density at radius 2 is 0.962 bits per heavy atom. The molecular formula is C49H32N2O2. The number of furan rings is 1. The summed E-state index contributed by atoms with van der Waals surface area (Å²) in [4.78, 5) is 7.29. The molecule has 0 fully saturated rings. The molecule has 0 saturated heterocycles. The van der Waals surface area contributed by atoms with Crippen molar-refractivity contribution in [3.63, 3.8) is 0 Å². The van der Waals surface area contributed by atoms with Gasteiger partial charge in [0.2, 0.25) is 5.89 Å². The van der Waals surface area contributed by atoms with Crippen LogP contribution in [0.25, 0.3) is 77.9 Å². The molecule has 0 aliphatic heterocycles. The van der Waals surface area contributed by atoms with Gasteiger partial charge in [-0.25, -0.2) is 4.98 Å². The fourth-order valence-electron chi connectivity index (χ4n) is 7.42. The smallest absolute Gasteiger partial charge is 0.227 e. The molecule has 10 rings (SSSR count). The molecule has 53 heavy (non-hydrogen) atoms. The highest BCUT2D eigenvalue weighted by atomic mass is 16.4. The zero-order chi connectivity index (χ0) is 35.1. The maximum atomic E-state index is 6.63. The number of oxazole rings is 1. The maximum absolute atomic E-state index is 6.63. The predicted octanol–water partition coefficient (Wildman–Crippen LogP) is 13.9. The van der Waals surface area contributed by atoms with Gasteiger partial charge in [0.05, 0.1) is 5.69 Å². The van der Waals surface area contributed by atoms with Gasteiger partial charge in [-0.1, -0.05) is 140 Å². The Hall–Kier alpha value is -7.17. The van der Waals surface area contributed by atoms with Crippen molar-refractivity contribution in [2.75, 3.05) is 4.90 Å². The second kappa shape index (κ2) is 12.9. The lowest BCUT2D eigenvalue weighted by Gasteiger charge is -2.28. The summed E-state index contributed by atoms with van der Waals surface area (Å²) in [5.74, 6) is 0.582. The standard InChI is InChI=1S/C49H32N2O2/c1-4-14-33(15-5-1)34-24-28-38(29-25-34)51(43-22-12-10-20-40(43)35-16-6-2-7-17-35)39-30-26-36(27-31-39)46-47-41-21-11-13-23-44(41)52-45(47)32-42-48(46)53-49(50-42)37-18-8-3-9-19-37/h1-32H. The second-order valence-corrected chi connectivity index (χ2v) is 13.1. The molecule has 0 amide bonds. The molecule has 0 bridgehead atoms. The van der Waals surface area contributed by atoms with Gasteiger partial charge in [-0.15, -0.1) is 0 Å². The molecule has 2 aromatic heterocycles.